The number of rotatable bonds is 6. The van der Waals surface area contributed by atoms with Gasteiger partial charge in [0, 0.05) is 18.0 Å². The molecule has 140 valence electrons. The van der Waals surface area contributed by atoms with Gasteiger partial charge in [0.2, 0.25) is 11.8 Å². The van der Waals surface area contributed by atoms with Crippen molar-refractivity contribution in [1.29, 1.82) is 0 Å². The number of hydrazine groups is 1. The second-order valence-corrected chi connectivity index (χ2v) is 6.42. The minimum Gasteiger partial charge on any atom is -0.497 e. The van der Waals surface area contributed by atoms with E-state index in [1.807, 2.05) is 48.5 Å². The summed E-state index contributed by atoms with van der Waals surface area (Å²) in [6.07, 6.45) is 2.04. The monoisotopic (exact) mass is 385 g/mol. The van der Waals surface area contributed by atoms with Crippen molar-refractivity contribution in [3.05, 3.63) is 70.8 Å². The number of nitrogens with one attached hydrogen (secondary N) is 2. The van der Waals surface area contributed by atoms with Gasteiger partial charge in [-0.05, 0) is 47.5 Å². The van der Waals surface area contributed by atoms with E-state index in [4.69, 9.17) is 16.3 Å². The Morgan fingerprint density at radius 1 is 1.22 bits per heavy atom. The molecule has 0 unspecified atom stereocenters. The highest BCUT2D eigenvalue weighted by Gasteiger charge is 2.22. The molecule has 0 saturated heterocycles. The van der Waals surface area contributed by atoms with E-state index >= 15 is 0 Å². The van der Waals surface area contributed by atoms with E-state index in [2.05, 4.69) is 10.7 Å². The molecular weight excluding hydrogens is 366 g/mol. The highest BCUT2D eigenvalue weighted by atomic mass is 35.5. The third-order valence-corrected chi connectivity index (χ3v) is 4.54. The van der Waals surface area contributed by atoms with Gasteiger partial charge in [-0.15, -0.1) is 0 Å². The molecule has 0 saturated carbocycles. The zero-order chi connectivity index (χ0) is 19.2. The average Bonchev–Trinajstić information content (AvgIpc) is 2.69. The van der Waals surface area contributed by atoms with Crippen LogP contribution in [0.25, 0.3) is 5.70 Å². The van der Waals surface area contributed by atoms with Gasteiger partial charge in [-0.2, -0.15) is 0 Å². The minimum absolute atomic E-state index is 0.0865. The summed E-state index contributed by atoms with van der Waals surface area (Å²) in [7, 11) is 1.61. The second-order valence-electron chi connectivity index (χ2n) is 6.01. The van der Waals surface area contributed by atoms with Crippen LogP contribution in [0.2, 0.25) is 5.02 Å². The number of amides is 2. The van der Waals surface area contributed by atoms with Crippen LogP contribution in [-0.2, 0) is 16.1 Å². The molecule has 6 nitrogen and oxygen atoms in total. The van der Waals surface area contributed by atoms with Gasteiger partial charge in [-0.25, -0.2) is 5.01 Å². The summed E-state index contributed by atoms with van der Waals surface area (Å²) in [5, 5.41) is 4.70. The maximum absolute atomic E-state index is 12.2. The predicted octanol–water partition coefficient (Wildman–Crippen LogP) is 2.74. The van der Waals surface area contributed by atoms with Crippen molar-refractivity contribution in [2.75, 3.05) is 13.7 Å². The molecule has 1 aliphatic rings. The number of carbonyl (C=O) groups is 2. The minimum atomic E-state index is -0.272. The van der Waals surface area contributed by atoms with E-state index < -0.39 is 0 Å². The van der Waals surface area contributed by atoms with Crippen LogP contribution in [-0.4, -0.2) is 30.5 Å². The van der Waals surface area contributed by atoms with Crippen LogP contribution in [0, 0.1) is 0 Å². The first-order valence-electron chi connectivity index (χ1n) is 8.48. The maximum atomic E-state index is 12.2. The molecular formula is C20H20ClN3O3. The van der Waals surface area contributed by atoms with Gasteiger partial charge in [-0.3, -0.25) is 15.0 Å². The molecule has 3 rings (SSSR count). The molecule has 0 fully saturated rings. The van der Waals surface area contributed by atoms with Crippen LogP contribution in [0.1, 0.15) is 17.5 Å². The van der Waals surface area contributed by atoms with E-state index in [1.165, 1.54) is 5.01 Å². The fourth-order valence-corrected chi connectivity index (χ4v) is 2.87. The smallest absolute Gasteiger partial charge is 0.245 e. The van der Waals surface area contributed by atoms with Crippen molar-refractivity contribution in [1.82, 2.24) is 15.8 Å². The Morgan fingerprint density at radius 3 is 2.67 bits per heavy atom. The van der Waals surface area contributed by atoms with Gasteiger partial charge in [0.25, 0.3) is 0 Å². The van der Waals surface area contributed by atoms with Crippen LogP contribution in [0.5, 0.6) is 5.75 Å². The summed E-state index contributed by atoms with van der Waals surface area (Å²) in [5.41, 5.74) is 5.52. The Labute approximate surface area is 162 Å². The lowest BCUT2D eigenvalue weighted by molar-refractivity contribution is -0.137. The molecule has 27 heavy (non-hydrogen) atoms. The van der Waals surface area contributed by atoms with Crippen molar-refractivity contribution in [3.8, 4) is 5.75 Å². The van der Waals surface area contributed by atoms with E-state index in [0.717, 1.165) is 22.6 Å². The summed E-state index contributed by atoms with van der Waals surface area (Å²) in [6.45, 7) is 0.221. The molecule has 2 aromatic carbocycles. The number of methoxy groups -OCH3 is 1. The molecule has 1 heterocycles. The largest absolute Gasteiger partial charge is 0.497 e. The number of benzene rings is 2. The summed E-state index contributed by atoms with van der Waals surface area (Å²) in [5.74, 6) is 0.314. The molecule has 0 bridgehead atoms. The molecule has 2 aromatic rings. The number of ether oxygens (including phenoxy) is 1. The van der Waals surface area contributed by atoms with Crippen LogP contribution < -0.4 is 15.5 Å². The summed E-state index contributed by atoms with van der Waals surface area (Å²) < 4.78 is 5.15. The van der Waals surface area contributed by atoms with Gasteiger partial charge in [0.05, 0.1) is 12.8 Å². The van der Waals surface area contributed by atoms with Crippen molar-refractivity contribution in [3.63, 3.8) is 0 Å². The Morgan fingerprint density at radius 2 is 1.96 bits per heavy atom. The van der Waals surface area contributed by atoms with Gasteiger partial charge in [0.15, 0.2) is 0 Å². The third kappa shape index (κ3) is 4.80. The third-order valence-electron chi connectivity index (χ3n) is 4.17. The van der Waals surface area contributed by atoms with Crippen molar-refractivity contribution in [2.24, 2.45) is 0 Å². The van der Waals surface area contributed by atoms with Crippen molar-refractivity contribution >= 4 is 29.1 Å². The number of nitrogens with zero attached hydrogens (tertiary/aromatic N) is 1. The van der Waals surface area contributed by atoms with E-state index in [0.29, 0.717) is 11.6 Å². The lowest BCUT2D eigenvalue weighted by atomic mass is 10.1. The first-order valence-corrected chi connectivity index (χ1v) is 8.86. The Bertz CT molecular complexity index is 865. The topological polar surface area (TPSA) is 70.7 Å². The molecule has 7 heteroatoms. The molecule has 0 spiro atoms. The fraction of sp³-hybridized carbons (Fsp3) is 0.200. The van der Waals surface area contributed by atoms with Gasteiger partial charge in [0.1, 0.15) is 12.3 Å². The normalized spacial score (nSPS) is 13.6. The van der Waals surface area contributed by atoms with Crippen LogP contribution in [0.15, 0.2) is 54.6 Å². The van der Waals surface area contributed by atoms with Crippen LogP contribution >= 0.6 is 11.6 Å². The molecule has 2 N–H and O–H groups in total. The highest BCUT2D eigenvalue weighted by Crippen LogP contribution is 2.20. The Hall–Kier alpha value is -2.99. The van der Waals surface area contributed by atoms with Crippen molar-refractivity contribution in [2.45, 2.75) is 13.0 Å². The second kappa shape index (κ2) is 8.60. The van der Waals surface area contributed by atoms with E-state index in [1.54, 1.807) is 13.2 Å². The van der Waals surface area contributed by atoms with Gasteiger partial charge >= 0.3 is 0 Å². The van der Waals surface area contributed by atoms with Crippen molar-refractivity contribution < 1.29 is 14.3 Å². The predicted molar refractivity (Wildman–Crippen MR) is 104 cm³/mol. The van der Waals surface area contributed by atoms with E-state index in [9.17, 15) is 9.59 Å². The number of halogens is 1. The Balaban J connectivity index is 1.59. The van der Waals surface area contributed by atoms with Gasteiger partial charge in [-0.1, -0.05) is 29.8 Å². The zero-order valence-electron chi connectivity index (χ0n) is 14.9. The summed E-state index contributed by atoms with van der Waals surface area (Å²) in [4.78, 5) is 24.4. The number of carbonyl (C=O) groups excluding carboxylic acids is 2. The number of hydrogen-bond donors (Lipinski definition) is 2. The number of hydrogen-bond acceptors (Lipinski definition) is 4. The molecule has 0 radical (unpaired) electrons. The first-order chi connectivity index (χ1) is 13.1. The zero-order valence-corrected chi connectivity index (χ0v) is 15.6. The standard InChI is InChI=1S/C20H20ClN3O3/c1-27-16-8-6-14(7-9-16)18-10-11-20(26)24(23-18)13-19(25)22-12-15-4-2-3-5-17(15)21/h2-10,23H,11-13H2,1H3,(H,22,25). The van der Waals surface area contributed by atoms with Crippen LogP contribution in [0.4, 0.5) is 0 Å². The molecule has 0 aliphatic carbocycles. The highest BCUT2D eigenvalue weighted by molar-refractivity contribution is 6.31. The molecule has 0 atom stereocenters. The molecule has 0 aromatic heterocycles. The quantitative estimate of drug-likeness (QED) is 0.802. The lowest BCUT2D eigenvalue weighted by Crippen LogP contribution is -2.49. The summed E-state index contributed by atoms with van der Waals surface area (Å²) in [6, 6.07) is 14.8. The lowest BCUT2D eigenvalue weighted by Gasteiger charge is -2.29. The fourth-order valence-electron chi connectivity index (χ4n) is 2.67. The van der Waals surface area contributed by atoms with E-state index in [-0.39, 0.29) is 24.8 Å². The average molecular weight is 386 g/mol. The molecule has 2 amide bonds. The Kier molecular flexibility index (Phi) is 5.98. The summed E-state index contributed by atoms with van der Waals surface area (Å²) >= 11 is 6.09. The van der Waals surface area contributed by atoms with Gasteiger partial charge < -0.3 is 10.1 Å². The maximum Gasteiger partial charge on any atom is 0.245 e. The molecule has 1 aliphatic heterocycles. The van der Waals surface area contributed by atoms with Crippen LogP contribution in [0.3, 0.4) is 0 Å². The first kappa shape index (κ1) is 18.8. The SMILES string of the molecule is COc1ccc(C2=CCC(=O)N(CC(=O)NCc3ccccc3Cl)N2)cc1.